The van der Waals surface area contributed by atoms with E-state index >= 15 is 0 Å². The van der Waals surface area contributed by atoms with E-state index < -0.39 is 4.92 Å². The van der Waals surface area contributed by atoms with Gasteiger partial charge in [0.25, 0.3) is 0 Å². The van der Waals surface area contributed by atoms with Crippen LogP contribution in [0.4, 0.5) is 11.4 Å². The predicted octanol–water partition coefficient (Wildman–Crippen LogP) is 2.95. The van der Waals surface area contributed by atoms with Crippen LogP contribution >= 0.6 is 0 Å². The maximum Gasteiger partial charge on any atom is 0.311 e. The number of hydrogen-bond donors (Lipinski definition) is 2. The zero-order chi connectivity index (χ0) is 15.6. The van der Waals surface area contributed by atoms with Crippen molar-refractivity contribution < 1.29 is 14.8 Å². The summed E-state index contributed by atoms with van der Waals surface area (Å²) in [5.41, 5.74) is 0.547. The molecule has 0 aliphatic heterocycles. The molecule has 21 heavy (non-hydrogen) atoms. The summed E-state index contributed by atoms with van der Waals surface area (Å²) in [6, 6.07) is 4.94. The van der Waals surface area contributed by atoms with Crippen LogP contribution in [0.2, 0.25) is 0 Å². The van der Waals surface area contributed by atoms with Crippen molar-refractivity contribution >= 4 is 11.4 Å². The first-order valence-corrected chi connectivity index (χ1v) is 7.22. The summed E-state index contributed by atoms with van der Waals surface area (Å²) in [5, 5.41) is 24.1. The van der Waals surface area contributed by atoms with E-state index in [2.05, 4.69) is 5.32 Å². The van der Waals surface area contributed by atoms with Crippen LogP contribution < -0.4 is 10.1 Å². The van der Waals surface area contributed by atoms with Crippen LogP contribution in [0, 0.1) is 15.5 Å². The van der Waals surface area contributed by atoms with Crippen molar-refractivity contribution in [1.82, 2.24) is 0 Å². The molecule has 0 saturated heterocycles. The summed E-state index contributed by atoms with van der Waals surface area (Å²) >= 11 is 0. The van der Waals surface area contributed by atoms with Gasteiger partial charge < -0.3 is 15.2 Å². The van der Waals surface area contributed by atoms with Gasteiger partial charge in [-0.25, -0.2) is 0 Å². The number of nitrogens with one attached hydrogen (secondary N) is 1. The smallest absolute Gasteiger partial charge is 0.311 e. The van der Waals surface area contributed by atoms with Gasteiger partial charge in [0.2, 0.25) is 0 Å². The third-order valence-corrected chi connectivity index (χ3v) is 4.17. The molecule has 2 rings (SSSR count). The SMILES string of the molecule is CCCOc1cc(NC2CC(O)C2(C)C)ccc1[N+](=O)[O-]. The second kappa shape index (κ2) is 5.89. The van der Waals surface area contributed by atoms with Gasteiger partial charge in [-0.2, -0.15) is 0 Å². The molecule has 0 heterocycles. The minimum Gasteiger partial charge on any atom is -0.487 e. The van der Waals surface area contributed by atoms with Gasteiger partial charge in [0.15, 0.2) is 5.75 Å². The van der Waals surface area contributed by atoms with Gasteiger partial charge in [0.05, 0.1) is 17.6 Å². The molecule has 0 radical (unpaired) electrons. The Hall–Kier alpha value is -1.82. The maximum absolute atomic E-state index is 11.0. The molecular weight excluding hydrogens is 272 g/mol. The number of nitro groups is 1. The Labute approximate surface area is 124 Å². The van der Waals surface area contributed by atoms with Crippen molar-refractivity contribution in [2.24, 2.45) is 5.41 Å². The average molecular weight is 294 g/mol. The maximum atomic E-state index is 11.0. The molecule has 1 aliphatic carbocycles. The van der Waals surface area contributed by atoms with Gasteiger partial charge in [0, 0.05) is 29.3 Å². The number of anilines is 1. The number of nitro benzene ring substituents is 1. The highest BCUT2D eigenvalue weighted by Gasteiger charge is 2.47. The van der Waals surface area contributed by atoms with Crippen LogP contribution in [0.3, 0.4) is 0 Å². The third kappa shape index (κ3) is 3.10. The number of hydrogen-bond acceptors (Lipinski definition) is 5. The number of benzene rings is 1. The lowest BCUT2D eigenvalue weighted by atomic mass is 9.64. The normalized spacial score (nSPS) is 23.2. The Balaban J connectivity index is 2.16. The summed E-state index contributed by atoms with van der Waals surface area (Å²) < 4.78 is 5.46. The molecule has 1 aromatic rings. The first-order valence-electron chi connectivity index (χ1n) is 7.22. The largest absolute Gasteiger partial charge is 0.487 e. The van der Waals surface area contributed by atoms with Gasteiger partial charge in [-0.05, 0) is 18.9 Å². The summed E-state index contributed by atoms with van der Waals surface area (Å²) in [7, 11) is 0. The summed E-state index contributed by atoms with van der Waals surface area (Å²) in [5.74, 6) is 0.282. The second-order valence-corrected chi connectivity index (χ2v) is 6.06. The molecule has 6 heteroatoms. The van der Waals surface area contributed by atoms with E-state index in [1.807, 2.05) is 20.8 Å². The van der Waals surface area contributed by atoms with Crippen molar-refractivity contribution in [3.63, 3.8) is 0 Å². The van der Waals surface area contributed by atoms with Crippen LogP contribution in [-0.2, 0) is 0 Å². The fraction of sp³-hybridized carbons (Fsp3) is 0.600. The number of nitrogens with zero attached hydrogens (tertiary/aromatic N) is 1. The van der Waals surface area contributed by atoms with Crippen molar-refractivity contribution in [2.45, 2.75) is 45.8 Å². The van der Waals surface area contributed by atoms with E-state index in [1.165, 1.54) is 6.07 Å². The molecular formula is C15H22N2O4. The molecule has 2 atom stereocenters. The molecule has 116 valence electrons. The highest BCUT2D eigenvalue weighted by Crippen LogP contribution is 2.43. The van der Waals surface area contributed by atoms with Crippen molar-refractivity contribution in [3.05, 3.63) is 28.3 Å². The van der Waals surface area contributed by atoms with E-state index in [0.29, 0.717) is 13.0 Å². The van der Waals surface area contributed by atoms with Gasteiger partial charge in [0.1, 0.15) is 0 Å². The molecule has 0 aromatic heterocycles. The van der Waals surface area contributed by atoms with Crippen molar-refractivity contribution in [1.29, 1.82) is 0 Å². The Kier molecular flexibility index (Phi) is 4.37. The molecule has 2 N–H and O–H groups in total. The van der Waals surface area contributed by atoms with E-state index in [1.54, 1.807) is 12.1 Å². The van der Waals surface area contributed by atoms with Gasteiger partial charge in [-0.3, -0.25) is 10.1 Å². The van der Waals surface area contributed by atoms with Crippen LogP contribution in [0.15, 0.2) is 18.2 Å². The Bertz CT molecular complexity index is 530. The average Bonchev–Trinajstić information content (AvgIpc) is 2.44. The number of aliphatic hydroxyl groups excluding tert-OH is 1. The standard InChI is InChI=1S/C15H22N2O4/c1-4-7-21-12-8-10(5-6-11(12)17(19)20)16-13-9-14(18)15(13,2)3/h5-6,8,13-14,16,18H,4,7,9H2,1-3H3. The zero-order valence-electron chi connectivity index (χ0n) is 12.6. The molecule has 0 bridgehead atoms. The molecule has 0 amide bonds. The van der Waals surface area contributed by atoms with Crippen LogP contribution in [0.1, 0.15) is 33.6 Å². The summed E-state index contributed by atoms with van der Waals surface area (Å²) in [6.45, 7) is 6.39. The van der Waals surface area contributed by atoms with Gasteiger partial charge in [-0.15, -0.1) is 0 Å². The van der Waals surface area contributed by atoms with Crippen LogP contribution in [0.5, 0.6) is 5.75 Å². The highest BCUT2D eigenvalue weighted by molar-refractivity contribution is 5.58. The predicted molar refractivity (Wildman–Crippen MR) is 80.7 cm³/mol. The lowest BCUT2D eigenvalue weighted by molar-refractivity contribution is -0.385. The van der Waals surface area contributed by atoms with E-state index in [-0.39, 0.29) is 29.0 Å². The topological polar surface area (TPSA) is 84.6 Å². The molecule has 1 saturated carbocycles. The fourth-order valence-corrected chi connectivity index (χ4v) is 2.43. The molecule has 0 spiro atoms. The summed E-state index contributed by atoms with van der Waals surface area (Å²) in [6.07, 6.45) is 1.15. The minimum absolute atomic E-state index is 0.0260. The van der Waals surface area contributed by atoms with Crippen molar-refractivity contribution in [2.75, 3.05) is 11.9 Å². The monoisotopic (exact) mass is 294 g/mol. The first-order chi connectivity index (χ1) is 9.86. The minimum atomic E-state index is -0.439. The molecule has 1 aliphatic rings. The second-order valence-electron chi connectivity index (χ2n) is 6.06. The molecule has 1 aromatic carbocycles. The number of rotatable bonds is 6. The zero-order valence-corrected chi connectivity index (χ0v) is 12.6. The fourth-order valence-electron chi connectivity index (χ4n) is 2.43. The summed E-state index contributed by atoms with van der Waals surface area (Å²) in [4.78, 5) is 10.6. The third-order valence-electron chi connectivity index (χ3n) is 4.17. The highest BCUT2D eigenvalue weighted by atomic mass is 16.6. The lowest BCUT2D eigenvalue weighted by Gasteiger charge is -2.49. The Morgan fingerprint density at radius 2 is 2.24 bits per heavy atom. The van der Waals surface area contributed by atoms with Gasteiger partial charge in [-0.1, -0.05) is 20.8 Å². The Morgan fingerprint density at radius 3 is 2.76 bits per heavy atom. The van der Waals surface area contributed by atoms with Gasteiger partial charge >= 0.3 is 5.69 Å². The lowest BCUT2D eigenvalue weighted by Crippen LogP contribution is -2.56. The van der Waals surface area contributed by atoms with Crippen LogP contribution in [-0.4, -0.2) is 28.8 Å². The van der Waals surface area contributed by atoms with Crippen LogP contribution in [0.25, 0.3) is 0 Å². The number of ether oxygens (including phenoxy) is 1. The molecule has 6 nitrogen and oxygen atoms in total. The first kappa shape index (κ1) is 15.6. The number of aliphatic hydroxyl groups is 1. The Morgan fingerprint density at radius 1 is 1.52 bits per heavy atom. The van der Waals surface area contributed by atoms with E-state index in [4.69, 9.17) is 4.74 Å². The van der Waals surface area contributed by atoms with E-state index in [0.717, 1.165) is 12.1 Å². The van der Waals surface area contributed by atoms with E-state index in [9.17, 15) is 15.2 Å². The molecule has 2 unspecified atom stereocenters. The molecule has 1 fully saturated rings. The van der Waals surface area contributed by atoms with Crippen molar-refractivity contribution in [3.8, 4) is 5.75 Å². The quantitative estimate of drug-likeness (QED) is 0.622.